The number of hydrogen-bond acceptors (Lipinski definition) is 2. The average molecular weight is 252 g/mol. The van der Waals surface area contributed by atoms with Crippen molar-refractivity contribution in [2.24, 2.45) is 0 Å². The van der Waals surface area contributed by atoms with Gasteiger partial charge in [0, 0.05) is 22.2 Å². The molecule has 94 valence electrons. The highest BCUT2D eigenvalue weighted by Crippen LogP contribution is 2.36. The van der Waals surface area contributed by atoms with Crippen molar-refractivity contribution in [3.63, 3.8) is 0 Å². The highest BCUT2D eigenvalue weighted by Gasteiger charge is 2.34. The maximum Gasteiger partial charge on any atom is 0.417 e. The van der Waals surface area contributed by atoms with Crippen molar-refractivity contribution in [3.05, 3.63) is 42.2 Å². The second-order valence-electron chi connectivity index (χ2n) is 4.03. The third-order valence-electron chi connectivity index (χ3n) is 2.66. The van der Waals surface area contributed by atoms with Gasteiger partial charge in [-0.25, -0.2) is 0 Å². The van der Waals surface area contributed by atoms with E-state index in [4.69, 9.17) is 5.73 Å². The molecule has 2 N–H and O–H groups in total. The lowest BCUT2D eigenvalue weighted by Crippen LogP contribution is -2.11. The Morgan fingerprint density at radius 1 is 1.28 bits per heavy atom. The normalized spacial score (nSPS) is 11.8. The van der Waals surface area contributed by atoms with Crippen LogP contribution in [0, 0.1) is 6.92 Å². The number of rotatable bonds is 1. The van der Waals surface area contributed by atoms with E-state index in [-0.39, 0.29) is 5.69 Å². The van der Waals surface area contributed by atoms with Gasteiger partial charge in [0.15, 0.2) is 0 Å². The highest BCUT2D eigenvalue weighted by atomic mass is 19.4. The van der Waals surface area contributed by atoms with Crippen molar-refractivity contribution in [2.45, 2.75) is 13.1 Å². The quantitative estimate of drug-likeness (QED) is 0.786. The number of benzene rings is 1. The van der Waals surface area contributed by atoms with E-state index in [1.165, 1.54) is 0 Å². The summed E-state index contributed by atoms with van der Waals surface area (Å²) >= 11 is 0. The monoisotopic (exact) mass is 252 g/mol. The fraction of sp³-hybridized carbons (Fsp3) is 0.154. The predicted molar refractivity (Wildman–Crippen MR) is 66.0 cm³/mol. The summed E-state index contributed by atoms with van der Waals surface area (Å²) in [4.78, 5) is 3.93. The van der Waals surface area contributed by atoms with Gasteiger partial charge in [-0.3, -0.25) is 4.98 Å². The van der Waals surface area contributed by atoms with Gasteiger partial charge in [0.1, 0.15) is 0 Å². The first-order chi connectivity index (χ1) is 8.30. The maximum atomic E-state index is 12.7. The SMILES string of the molecule is C=C(c1nc(C)cc2c(N)cccc12)C(F)(F)F. The molecular formula is C13H11F3N2. The fourth-order valence-corrected chi connectivity index (χ4v) is 1.79. The molecule has 1 aromatic heterocycles. The zero-order valence-electron chi connectivity index (χ0n) is 9.67. The maximum absolute atomic E-state index is 12.7. The number of halogens is 3. The number of nitrogen functional groups attached to an aromatic ring is 1. The Kier molecular flexibility index (Phi) is 2.77. The molecule has 18 heavy (non-hydrogen) atoms. The topological polar surface area (TPSA) is 38.9 Å². The van der Waals surface area contributed by atoms with Crippen LogP contribution in [0.15, 0.2) is 30.8 Å². The minimum Gasteiger partial charge on any atom is -0.398 e. The number of aryl methyl sites for hydroxylation is 1. The second-order valence-corrected chi connectivity index (χ2v) is 4.03. The molecule has 0 fully saturated rings. The van der Waals surface area contributed by atoms with Crippen molar-refractivity contribution in [1.82, 2.24) is 4.98 Å². The Balaban J connectivity index is 2.79. The van der Waals surface area contributed by atoms with Crippen LogP contribution < -0.4 is 5.73 Å². The van der Waals surface area contributed by atoms with Crippen LogP contribution in [0.1, 0.15) is 11.4 Å². The lowest BCUT2D eigenvalue weighted by molar-refractivity contribution is -0.0688. The summed E-state index contributed by atoms with van der Waals surface area (Å²) in [5.74, 6) is 0. The molecule has 0 spiro atoms. The van der Waals surface area contributed by atoms with Crippen molar-refractivity contribution in [3.8, 4) is 0 Å². The van der Waals surface area contributed by atoms with Gasteiger partial charge in [-0.2, -0.15) is 13.2 Å². The minimum atomic E-state index is -4.50. The summed E-state index contributed by atoms with van der Waals surface area (Å²) < 4.78 is 38.2. The molecule has 2 rings (SSSR count). The Morgan fingerprint density at radius 3 is 2.56 bits per heavy atom. The van der Waals surface area contributed by atoms with E-state index in [2.05, 4.69) is 11.6 Å². The number of hydrogen-bond donors (Lipinski definition) is 1. The third-order valence-corrected chi connectivity index (χ3v) is 2.66. The van der Waals surface area contributed by atoms with E-state index in [1.807, 2.05) is 0 Å². The van der Waals surface area contributed by atoms with Gasteiger partial charge in [-0.15, -0.1) is 0 Å². The van der Waals surface area contributed by atoms with Gasteiger partial charge in [0.2, 0.25) is 0 Å². The smallest absolute Gasteiger partial charge is 0.398 e. The molecule has 0 radical (unpaired) electrons. The molecule has 1 heterocycles. The van der Waals surface area contributed by atoms with Gasteiger partial charge in [0.05, 0.1) is 11.3 Å². The van der Waals surface area contributed by atoms with E-state index in [0.29, 0.717) is 22.2 Å². The summed E-state index contributed by atoms with van der Waals surface area (Å²) in [5.41, 5.74) is 5.54. The zero-order valence-corrected chi connectivity index (χ0v) is 9.67. The largest absolute Gasteiger partial charge is 0.417 e. The van der Waals surface area contributed by atoms with E-state index in [1.54, 1.807) is 31.2 Å². The molecule has 0 bridgehead atoms. The second kappa shape index (κ2) is 4.01. The third kappa shape index (κ3) is 2.03. The Bertz CT molecular complexity index is 630. The van der Waals surface area contributed by atoms with Crippen LogP contribution in [0.4, 0.5) is 18.9 Å². The Labute approximate surface area is 102 Å². The van der Waals surface area contributed by atoms with E-state index in [9.17, 15) is 13.2 Å². The standard InChI is InChI=1S/C13H11F3N2/c1-7-6-10-9(4-3-5-11(10)17)12(18-7)8(2)13(14,15)16/h3-6H,2,17H2,1H3. The lowest BCUT2D eigenvalue weighted by Gasteiger charge is -2.13. The summed E-state index contributed by atoms with van der Waals surface area (Å²) in [6.45, 7) is 4.71. The van der Waals surface area contributed by atoms with Crippen molar-refractivity contribution in [1.29, 1.82) is 0 Å². The van der Waals surface area contributed by atoms with E-state index in [0.717, 1.165) is 0 Å². The number of nitrogens with zero attached hydrogens (tertiary/aromatic N) is 1. The van der Waals surface area contributed by atoms with Gasteiger partial charge in [-0.1, -0.05) is 18.7 Å². The fourth-order valence-electron chi connectivity index (χ4n) is 1.79. The molecule has 0 aliphatic carbocycles. The van der Waals surface area contributed by atoms with Crippen molar-refractivity contribution in [2.75, 3.05) is 5.73 Å². The Morgan fingerprint density at radius 2 is 1.94 bits per heavy atom. The van der Waals surface area contributed by atoms with Crippen molar-refractivity contribution < 1.29 is 13.2 Å². The average Bonchev–Trinajstić information content (AvgIpc) is 2.27. The number of aromatic nitrogens is 1. The molecule has 0 unspecified atom stereocenters. The molecule has 0 aliphatic heterocycles. The lowest BCUT2D eigenvalue weighted by atomic mass is 10.0. The summed E-state index contributed by atoms with van der Waals surface area (Å²) in [6.07, 6.45) is -4.50. The Hall–Kier alpha value is -2.04. The number of anilines is 1. The van der Waals surface area contributed by atoms with Crippen LogP contribution in [-0.4, -0.2) is 11.2 Å². The zero-order chi connectivity index (χ0) is 13.5. The van der Waals surface area contributed by atoms with Crippen LogP contribution in [0.25, 0.3) is 16.3 Å². The van der Waals surface area contributed by atoms with E-state index < -0.39 is 11.7 Å². The predicted octanol–water partition coefficient (Wildman–Crippen LogP) is 3.70. The molecule has 5 heteroatoms. The van der Waals surface area contributed by atoms with E-state index >= 15 is 0 Å². The van der Waals surface area contributed by atoms with Gasteiger partial charge >= 0.3 is 6.18 Å². The van der Waals surface area contributed by atoms with Crippen LogP contribution in [-0.2, 0) is 0 Å². The summed E-state index contributed by atoms with van der Waals surface area (Å²) in [6, 6.07) is 6.46. The van der Waals surface area contributed by atoms with Gasteiger partial charge in [-0.05, 0) is 19.1 Å². The number of pyridine rings is 1. The molecular weight excluding hydrogens is 241 g/mol. The first kappa shape index (κ1) is 12.4. The van der Waals surface area contributed by atoms with Crippen molar-refractivity contribution >= 4 is 22.0 Å². The molecule has 2 aromatic rings. The van der Waals surface area contributed by atoms with Crippen LogP contribution >= 0.6 is 0 Å². The summed E-state index contributed by atoms with van der Waals surface area (Å²) in [7, 11) is 0. The summed E-state index contributed by atoms with van der Waals surface area (Å²) in [5, 5.41) is 0.924. The molecule has 1 aromatic carbocycles. The molecule has 0 amide bonds. The van der Waals surface area contributed by atoms with Gasteiger partial charge < -0.3 is 5.73 Å². The molecule has 2 nitrogen and oxygen atoms in total. The first-order valence-electron chi connectivity index (χ1n) is 5.23. The number of allylic oxidation sites excluding steroid dienone is 1. The molecule has 0 aliphatic rings. The van der Waals surface area contributed by atoms with Gasteiger partial charge in [0.25, 0.3) is 0 Å². The number of nitrogens with two attached hydrogens (primary N) is 1. The number of alkyl halides is 3. The first-order valence-corrected chi connectivity index (χ1v) is 5.23. The van der Waals surface area contributed by atoms with Crippen LogP contribution in [0.3, 0.4) is 0 Å². The number of fused-ring (bicyclic) bond motifs is 1. The van der Waals surface area contributed by atoms with Crippen LogP contribution in [0.2, 0.25) is 0 Å². The molecule has 0 atom stereocenters. The minimum absolute atomic E-state index is 0.162. The van der Waals surface area contributed by atoms with Crippen LogP contribution in [0.5, 0.6) is 0 Å². The highest BCUT2D eigenvalue weighted by molar-refractivity contribution is 5.99. The molecule has 0 saturated carbocycles. The molecule has 0 saturated heterocycles.